The number of thioether (sulfide) groups is 1. The van der Waals surface area contributed by atoms with Crippen LogP contribution < -0.4 is 0 Å². The Balaban J connectivity index is 2.01. The molecular weight excluding hydrogens is 308 g/mol. The van der Waals surface area contributed by atoms with Crippen molar-refractivity contribution >= 4 is 29.3 Å². The number of carbonyl (C=O) groups excluding carboxylic acids is 2. The first kappa shape index (κ1) is 16.3. The fourth-order valence-electron chi connectivity index (χ4n) is 2.23. The quantitative estimate of drug-likeness (QED) is 0.356. The molecule has 0 spiro atoms. The van der Waals surface area contributed by atoms with Crippen LogP contribution in [0.2, 0.25) is 0 Å². The van der Waals surface area contributed by atoms with Gasteiger partial charge < -0.3 is 9.64 Å². The monoisotopic (exact) mass is 324 g/mol. The molecule has 1 saturated heterocycles. The lowest BCUT2D eigenvalue weighted by Crippen LogP contribution is -2.32. The number of ether oxygens (including phenoxy) is 1. The van der Waals surface area contributed by atoms with Crippen molar-refractivity contribution in [2.24, 2.45) is 0 Å². The van der Waals surface area contributed by atoms with Gasteiger partial charge in [-0.1, -0.05) is 0 Å². The zero-order valence-corrected chi connectivity index (χ0v) is 12.9. The summed E-state index contributed by atoms with van der Waals surface area (Å²) >= 11 is 1.22. The molecule has 0 unspecified atom stereocenters. The summed E-state index contributed by atoms with van der Waals surface area (Å²) in [4.78, 5) is 36.3. The van der Waals surface area contributed by atoms with E-state index in [1.54, 1.807) is 11.2 Å². The summed E-state index contributed by atoms with van der Waals surface area (Å²) < 4.78 is 4.95. The Morgan fingerprint density at radius 1 is 1.36 bits per heavy atom. The van der Waals surface area contributed by atoms with Crippen LogP contribution >= 0.6 is 11.8 Å². The minimum Gasteiger partial charge on any atom is -0.452 e. The Kier molecular flexibility index (Phi) is 5.37. The molecule has 1 heterocycles. The van der Waals surface area contributed by atoms with Gasteiger partial charge in [0.25, 0.3) is 11.6 Å². The van der Waals surface area contributed by atoms with Crippen LogP contribution in [0.25, 0.3) is 0 Å². The second-order valence-electron chi connectivity index (χ2n) is 4.81. The van der Waals surface area contributed by atoms with Crippen molar-refractivity contribution in [3.05, 3.63) is 33.9 Å². The zero-order valence-electron chi connectivity index (χ0n) is 12.1. The highest BCUT2D eigenvalue weighted by atomic mass is 32.2. The Hall–Kier alpha value is -2.09. The molecule has 0 bridgehead atoms. The predicted octanol–water partition coefficient (Wildman–Crippen LogP) is 2.10. The normalized spacial score (nSPS) is 14.0. The van der Waals surface area contributed by atoms with E-state index in [1.807, 2.05) is 0 Å². The molecule has 118 valence electrons. The van der Waals surface area contributed by atoms with E-state index in [0.29, 0.717) is 18.0 Å². The molecule has 1 aromatic carbocycles. The number of esters is 1. The van der Waals surface area contributed by atoms with Crippen LogP contribution in [0.3, 0.4) is 0 Å². The van der Waals surface area contributed by atoms with Gasteiger partial charge in [0.1, 0.15) is 0 Å². The lowest BCUT2D eigenvalue weighted by Gasteiger charge is -2.14. The van der Waals surface area contributed by atoms with Crippen LogP contribution in [0.4, 0.5) is 5.69 Å². The predicted molar refractivity (Wildman–Crippen MR) is 81.0 cm³/mol. The summed E-state index contributed by atoms with van der Waals surface area (Å²) in [5, 5.41) is 11.0. The van der Waals surface area contributed by atoms with Crippen LogP contribution in [-0.2, 0) is 9.53 Å². The number of benzene rings is 1. The van der Waals surface area contributed by atoms with E-state index in [9.17, 15) is 19.7 Å². The number of carbonyl (C=O) groups is 2. The molecule has 1 amide bonds. The summed E-state index contributed by atoms with van der Waals surface area (Å²) in [6, 6.07) is 4.14. The number of nitro benzene ring substituents is 1. The lowest BCUT2D eigenvalue weighted by atomic mass is 10.2. The molecule has 0 saturated carbocycles. The third kappa shape index (κ3) is 3.76. The first-order valence-electron chi connectivity index (χ1n) is 6.80. The number of hydrogen-bond acceptors (Lipinski definition) is 6. The van der Waals surface area contributed by atoms with Gasteiger partial charge in [-0.25, -0.2) is 4.79 Å². The van der Waals surface area contributed by atoms with Gasteiger partial charge in [0, 0.05) is 19.2 Å². The topological polar surface area (TPSA) is 89.8 Å². The summed E-state index contributed by atoms with van der Waals surface area (Å²) in [6.45, 7) is 1.03. The largest absolute Gasteiger partial charge is 0.452 e. The Labute approximate surface area is 131 Å². The molecule has 0 radical (unpaired) electrons. The van der Waals surface area contributed by atoms with E-state index in [-0.39, 0.29) is 23.8 Å². The standard InChI is InChI=1S/C14H16N2O5S/c1-22-12-5-4-10(8-11(12)16(19)20)14(18)21-9-13(17)15-6-2-3-7-15/h4-5,8H,2-3,6-7,9H2,1H3. The maximum atomic E-state index is 11.9. The van der Waals surface area contributed by atoms with Crippen molar-refractivity contribution < 1.29 is 19.2 Å². The van der Waals surface area contributed by atoms with Gasteiger partial charge in [0.15, 0.2) is 6.61 Å². The number of nitro groups is 1. The highest BCUT2D eigenvalue weighted by molar-refractivity contribution is 7.98. The second kappa shape index (κ2) is 7.26. The summed E-state index contributed by atoms with van der Waals surface area (Å²) in [5.41, 5.74) is -0.0773. The average molecular weight is 324 g/mol. The summed E-state index contributed by atoms with van der Waals surface area (Å²) in [7, 11) is 0. The molecule has 0 aliphatic carbocycles. The van der Waals surface area contributed by atoms with Crippen molar-refractivity contribution in [1.82, 2.24) is 4.90 Å². The van der Waals surface area contributed by atoms with Gasteiger partial charge in [0.05, 0.1) is 15.4 Å². The van der Waals surface area contributed by atoms with E-state index in [0.717, 1.165) is 12.8 Å². The molecule has 7 nitrogen and oxygen atoms in total. The van der Waals surface area contributed by atoms with E-state index >= 15 is 0 Å². The first-order chi connectivity index (χ1) is 10.5. The summed E-state index contributed by atoms with van der Waals surface area (Å²) in [6.07, 6.45) is 3.64. The number of nitrogens with zero attached hydrogens (tertiary/aromatic N) is 2. The molecule has 1 aromatic rings. The first-order valence-corrected chi connectivity index (χ1v) is 8.02. The molecule has 2 rings (SSSR count). The van der Waals surface area contributed by atoms with Gasteiger partial charge >= 0.3 is 5.97 Å². The maximum absolute atomic E-state index is 11.9. The SMILES string of the molecule is CSc1ccc(C(=O)OCC(=O)N2CCCC2)cc1[N+](=O)[O-]. The fraction of sp³-hybridized carbons (Fsp3) is 0.429. The minimum absolute atomic E-state index is 0.0683. The summed E-state index contributed by atoms with van der Waals surface area (Å²) in [5.74, 6) is -0.968. The molecule has 1 aliphatic heterocycles. The minimum atomic E-state index is -0.733. The van der Waals surface area contributed by atoms with Crippen molar-refractivity contribution in [2.45, 2.75) is 17.7 Å². The number of rotatable bonds is 5. The van der Waals surface area contributed by atoms with Crippen molar-refractivity contribution in [1.29, 1.82) is 0 Å². The molecular formula is C14H16N2O5S. The zero-order chi connectivity index (χ0) is 16.1. The van der Waals surface area contributed by atoms with Crippen LogP contribution in [-0.4, -0.2) is 47.7 Å². The van der Waals surface area contributed by atoms with E-state index in [2.05, 4.69) is 0 Å². The fourth-order valence-corrected chi connectivity index (χ4v) is 2.77. The van der Waals surface area contributed by atoms with Gasteiger partial charge in [-0.2, -0.15) is 0 Å². The van der Waals surface area contributed by atoms with Crippen molar-refractivity contribution in [2.75, 3.05) is 26.0 Å². The highest BCUT2D eigenvalue weighted by Gasteiger charge is 2.21. The average Bonchev–Trinajstić information content (AvgIpc) is 3.06. The number of hydrogen-bond donors (Lipinski definition) is 0. The molecule has 8 heteroatoms. The second-order valence-corrected chi connectivity index (χ2v) is 5.66. The molecule has 0 N–H and O–H groups in total. The maximum Gasteiger partial charge on any atom is 0.338 e. The van der Waals surface area contributed by atoms with Crippen LogP contribution in [0.5, 0.6) is 0 Å². The highest BCUT2D eigenvalue weighted by Crippen LogP contribution is 2.28. The van der Waals surface area contributed by atoms with E-state index in [4.69, 9.17) is 4.74 Å². The van der Waals surface area contributed by atoms with Crippen LogP contribution in [0, 0.1) is 10.1 Å². The van der Waals surface area contributed by atoms with Gasteiger partial charge in [-0.15, -0.1) is 11.8 Å². The van der Waals surface area contributed by atoms with Gasteiger partial charge in [-0.3, -0.25) is 14.9 Å². The van der Waals surface area contributed by atoms with E-state index in [1.165, 1.54) is 30.0 Å². The van der Waals surface area contributed by atoms with Crippen LogP contribution in [0.1, 0.15) is 23.2 Å². The Morgan fingerprint density at radius 3 is 2.64 bits per heavy atom. The lowest BCUT2D eigenvalue weighted by molar-refractivity contribution is -0.387. The number of amides is 1. The molecule has 0 atom stereocenters. The van der Waals surface area contributed by atoms with Crippen molar-refractivity contribution in [3.8, 4) is 0 Å². The Morgan fingerprint density at radius 2 is 2.05 bits per heavy atom. The van der Waals surface area contributed by atoms with Crippen molar-refractivity contribution in [3.63, 3.8) is 0 Å². The number of likely N-dealkylation sites (tertiary alicyclic amines) is 1. The van der Waals surface area contributed by atoms with E-state index < -0.39 is 10.9 Å². The molecule has 22 heavy (non-hydrogen) atoms. The third-order valence-corrected chi connectivity index (χ3v) is 4.18. The molecule has 0 aromatic heterocycles. The van der Waals surface area contributed by atoms with Crippen LogP contribution in [0.15, 0.2) is 23.1 Å². The van der Waals surface area contributed by atoms with Gasteiger partial charge in [-0.05, 0) is 31.2 Å². The van der Waals surface area contributed by atoms with Gasteiger partial charge in [0.2, 0.25) is 0 Å². The molecule has 1 aliphatic rings. The Bertz CT molecular complexity index is 599. The third-order valence-electron chi connectivity index (χ3n) is 3.40. The molecule has 1 fully saturated rings. The smallest absolute Gasteiger partial charge is 0.338 e.